The summed E-state index contributed by atoms with van der Waals surface area (Å²) in [6.07, 6.45) is 3.49. The van der Waals surface area contributed by atoms with Gasteiger partial charge in [0.25, 0.3) is 5.56 Å². The second-order valence-electron chi connectivity index (χ2n) is 7.35. The van der Waals surface area contributed by atoms with Gasteiger partial charge in [0, 0.05) is 23.1 Å². The Kier molecular flexibility index (Phi) is 4.96. The summed E-state index contributed by atoms with van der Waals surface area (Å²) in [7, 11) is 0. The van der Waals surface area contributed by atoms with Crippen LogP contribution in [0.4, 0.5) is 5.00 Å². The van der Waals surface area contributed by atoms with Gasteiger partial charge < -0.3 is 10.1 Å². The summed E-state index contributed by atoms with van der Waals surface area (Å²) in [5, 5.41) is 3.38. The summed E-state index contributed by atoms with van der Waals surface area (Å²) in [5.74, 6) is -0.552. The van der Waals surface area contributed by atoms with Gasteiger partial charge in [-0.2, -0.15) is 0 Å². The molecule has 0 radical (unpaired) electrons. The SMILES string of the molecule is Cc1ccc2nc(COC(=O)c3c(NC(=O)C4CC4)sc(C)c3C)cc(=O)n2c1. The Morgan fingerprint density at radius 1 is 1.28 bits per heavy atom. The van der Waals surface area contributed by atoms with Crippen LogP contribution in [0.25, 0.3) is 5.65 Å². The summed E-state index contributed by atoms with van der Waals surface area (Å²) in [6, 6.07) is 4.98. The van der Waals surface area contributed by atoms with Gasteiger partial charge in [0.1, 0.15) is 17.3 Å². The Labute approximate surface area is 171 Å². The van der Waals surface area contributed by atoms with Crippen molar-refractivity contribution in [2.24, 2.45) is 5.92 Å². The fourth-order valence-corrected chi connectivity index (χ4v) is 4.12. The average Bonchev–Trinajstić information content (AvgIpc) is 3.48. The van der Waals surface area contributed by atoms with Crippen LogP contribution in [0.2, 0.25) is 0 Å². The van der Waals surface area contributed by atoms with Crippen LogP contribution in [-0.2, 0) is 16.1 Å². The van der Waals surface area contributed by atoms with E-state index in [0.717, 1.165) is 28.8 Å². The van der Waals surface area contributed by atoms with Crippen molar-refractivity contribution < 1.29 is 14.3 Å². The molecule has 1 fully saturated rings. The standard InChI is InChI=1S/C21H21N3O4S/c1-11-4-7-16-22-15(8-17(25)24(16)9-11)10-28-21(27)18-12(2)13(3)29-20(18)23-19(26)14-5-6-14/h4,7-9,14H,5-6,10H2,1-3H3,(H,23,26). The molecule has 0 aromatic carbocycles. The molecule has 0 saturated heterocycles. The van der Waals surface area contributed by atoms with Crippen molar-refractivity contribution in [3.63, 3.8) is 0 Å². The quantitative estimate of drug-likeness (QED) is 0.650. The topological polar surface area (TPSA) is 89.8 Å². The fourth-order valence-electron chi connectivity index (χ4n) is 3.06. The highest BCUT2D eigenvalue weighted by atomic mass is 32.1. The Bertz CT molecular complexity index is 1190. The van der Waals surface area contributed by atoms with E-state index in [1.165, 1.54) is 21.8 Å². The highest BCUT2D eigenvalue weighted by Crippen LogP contribution is 2.36. The van der Waals surface area contributed by atoms with Crippen LogP contribution in [0, 0.1) is 26.7 Å². The smallest absolute Gasteiger partial charge is 0.341 e. The minimum Gasteiger partial charge on any atom is -0.455 e. The number of ether oxygens (including phenoxy) is 1. The number of nitrogens with one attached hydrogen (secondary N) is 1. The van der Waals surface area contributed by atoms with Crippen molar-refractivity contribution in [3.05, 3.63) is 62.0 Å². The summed E-state index contributed by atoms with van der Waals surface area (Å²) in [4.78, 5) is 42.5. The zero-order chi connectivity index (χ0) is 20.7. The van der Waals surface area contributed by atoms with Gasteiger partial charge in [-0.25, -0.2) is 9.78 Å². The minimum atomic E-state index is -0.538. The normalized spacial score (nSPS) is 13.5. The van der Waals surface area contributed by atoms with Crippen molar-refractivity contribution in [1.29, 1.82) is 0 Å². The van der Waals surface area contributed by atoms with Crippen LogP contribution in [0.3, 0.4) is 0 Å². The molecule has 1 saturated carbocycles. The van der Waals surface area contributed by atoms with Gasteiger partial charge in [-0.3, -0.25) is 14.0 Å². The lowest BCUT2D eigenvalue weighted by Gasteiger charge is -2.09. The number of carbonyl (C=O) groups excluding carboxylic acids is 2. The summed E-state index contributed by atoms with van der Waals surface area (Å²) in [5.41, 5.74) is 2.74. The second kappa shape index (κ2) is 7.44. The van der Waals surface area contributed by atoms with Crippen LogP contribution in [0.5, 0.6) is 0 Å². The largest absolute Gasteiger partial charge is 0.455 e. The first-order valence-electron chi connectivity index (χ1n) is 9.40. The lowest BCUT2D eigenvalue weighted by atomic mass is 10.1. The lowest BCUT2D eigenvalue weighted by Crippen LogP contribution is -2.18. The number of esters is 1. The van der Waals surface area contributed by atoms with Crippen LogP contribution in [0.1, 0.15) is 44.9 Å². The van der Waals surface area contributed by atoms with Gasteiger partial charge >= 0.3 is 5.97 Å². The molecule has 1 aliphatic carbocycles. The molecule has 1 N–H and O–H groups in total. The molecule has 29 heavy (non-hydrogen) atoms. The maximum Gasteiger partial charge on any atom is 0.341 e. The molecule has 1 aliphatic rings. The van der Waals surface area contributed by atoms with E-state index in [1.54, 1.807) is 12.3 Å². The minimum absolute atomic E-state index is 0.0417. The molecule has 0 aliphatic heterocycles. The molecule has 7 nitrogen and oxygen atoms in total. The molecule has 8 heteroatoms. The third kappa shape index (κ3) is 3.93. The number of nitrogens with zero attached hydrogens (tertiary/aromatic N) is 2. The first kappa shape index (κ1) is 19.3. The third-order valence-corrected chi connectivity index (χ3v) is 6.11. The molecule has 150 valence electrons. The third-order valence-electron chi connectivity index (χ3n) is 4.99. The van der Waals surface area contributed by atoms with Crippen molar-refractivity contribution in [2.45, 2.75) is 40.2 Å². The molecule has 3 heterocycles. The zero-order valence-corrected chi connectivity index (χ0v) is 17.3. The predicted molar refractivity (Wildman–Crippen MR) is 110 cm³/mol. The number of pyridine rings is 1. The van der Waals surface area contributed by atoms with Crippen LogP contribution < -0.4 is 10.9 Å². The van der Waals surface area contributed by atoms with E-state index in [4.69, 9.17) is 4.74 Å². The highest BCUT2D eigenvalue weighted by Gasteiger charge is 2.31. The van der Waals surface area contributed by atoms with Crippen molar-refractivity contribution in [2.75, 3.05) is 5.32 Å². The van der Waals surface area contributed by atoms with Crippen LogP contribution in [-0.4, -0.2) is 21.3 Å². The molecule has 0 spiro atoms. The molecular formula is C21H21N3O4S. The van der Waals surface area contributed by atoms with Crippen molar-refractivity contribution in [1.82, 2.24) is 9.38 Å². The predicted octanol–water partition coefficient (Wildman–Crippen LogP) is 3.39. The Morgan fingerprint density at radius 2 is 2.03 bits per heavy atom. The number of hydrogen-bond acceptors (Lipinski definition) is 6. The molecule has 1 amide bonds. The van der Waals surface area contributed by atoms with E-state index in [2.05, 4.69) is 10.3 Å². The fraction of sp³-hybridized carbons (Fsp3) is 0.333. The van der Waals surface area contributed by atoms with Gasteiger partial charge in [-0.15, -0.1) is 11.3 Å². The number of aromatic nitrogens is 2. The molecule has 4 rings (SSSR count). The first-order chi connectivity index (χ1) is 13.8. The van der Waals surface area contributed by atoms with E-state index < -0.39 is 5.97 Å². The number of amides is 1. The number of anilines is 1. The highest BCUT2D eigenvalue weighted by molar-refractivity contribution is 7.16. The lowest BCUT2D eigenvalue weighted by molar-refractivity contribution is -0.117. The number of fused-ring (bicyclic) bond motifs is 1. The van der Waals surface area contributed by atoms with Crippen LogP contribution in [0.15, 0.2) is 29.2 Å². The Hall–Kier alpha value is -3.00. The maximum atomic E-state index is 12.8. The first-order valence-corrected chi connectivity index (χ1v) is 10.2. The maximum absolute atomic E-state index is 12.8. The van der Waals surface area contributed by atoms with Gasteiger partial charge in [0.05, 0.1) is 11.3 Å². The summed E-state index contributed by atoms with van der Waals surface area (Å²) in [6.45, 7) is 5.50. The summed E-state index contributed by atoms with van der Waals surface area (Å²) >= 11 is 1.37. The van der Waals surface area contributed by atoms with E-state index in [0.29, 0.717) is 21.9 Å². The van der Waals surface area contributed by atoms with E-state index >= 15 is 0 Å². The van der Waals surface area contributed by atoms with Crippen LogP contribution >= 0.6 is 11.3 Å². The Morgan fingerprint density at radius 3 is 2.76 bits per heavy atom. The number of aryl methyl sites for hydroxylation is 2. The van der Waals surface area contributed by atoms with Gasteiger partial charge in [-0.1, -0.05) is 6.07 Å². The van der Waals surface area contributed by atoms with E-state index in [9.17, 15) is 14.4 Å². The Balaban J connectivity index is 1.54. The number of carbonyl (C=O) groups is 2. The number of rotatable bonds is 5. The number of thiophene rings is 1. The van der Waals surface area contributed by atoms with E-state index in [-0.39, 0.29) is 24.0 Å². The molecule has 0 bridgehead atoms. The van der Waals surface area contributed by atoms with Gasteiger partial charge in [-0.05, 0) is 50.8 Å². The van der Waals surface area contributed by atoms with Crippen molar-refractivity contribution >= 4 is 33.9 Å². The van der Waals surface area contributed by atoms with E-state index in [1.807, 2.05) is 26.8 Å². The average molecular weight is 411 g/mol. The van der Waals surface area contributed by atoms with Gasteiger partial charge in [0.2, 0.25) is 5.91 Å². The molecule has 0 unspecified atom stereocenters. The van der Waals surface area contributed by atoms with Gasteiger partial charge in [0.15, 0.2) is 0 Å². The zero-order valence-electron chi connectivity index (χ0n) is 16.4. The summed E-state index contributed by atoms with van der Waals surface area (Å²) < 4.78 is 6.90. The molecule has 0 atom stereocenters. The molecule has 3 aromatic heterocycles. The second-order valence-corrected chi connectivity index (χ2v) is 8.57. The van der Waals surface area contributed by atoms with Crippen molar-refractivity contribution in [3.8, 4) is 0 Å². The monoisotopic (exact) mass is 411 g/mol. The number of hydrogen-bond donors (Lipinski definition) is 1. The molecule has 3 aromatic rings. The molecular weight excluding hydrogens is 390 g/mol.